The van der Waals surface area contributed by atoms with Crippen LogP contribution in [0.2, 0.25) is 0 Å². The topological polar surface area (TPSA) is 53.2 Å². The molecule has 1 aromatic carbocycles. The molecule has 0 aromatic heterocycles. The molecule has 0 bridgehead atoms. The van der Waals surface area contributed by atoms with Crippen LogP contribution in [0.5, 0.6) is 0 Å². The molecule has 1 unspecified atom stereocenters. The second kappa shape index (κ2) is 6.57. The summed E-state index contributed by atoms with van der Waals surface area (Å²) in [6.45, 7) is 6.22. The molecule has 0 spiro atoms. The lowest BCUT2D eigenvalue weighted by atomic mass is 9.70. The van der Waals surface area contributed by atoms with Crippen molar-refractivity contribution in [2.75, 3.05) is 0 Å². The molecule has 1 heterocycles. The number of nitrogens with zero attached hydrogens (tertiary/aromatic N) is 2. The molecule has 0 saturated carbocycles. The Bertz CT molecular complexity index is 756. The summed E-state index contributed by atoms with van der Waals surface area (Å²) in [4.78, 5) is 17.3. The summed E-state index contributed by atoms with van der Waals surface area (Å²) in [5.41, 5.74) is 2.87. The van der Waals surface area contributed by atoms with Gasteiger partial charge in [0, 0.05) is 29.4 Å². The van der Waals surface area contributed by atoms with E-state index in [1.165, 1.54) is 5.56 Å². The Morgan fingerprint density at radius 1 is 1.29 bits per heavy atom. The van der Waals surface area contributed by atoms with Crippen molar-refractivity contribution in [1.29, 1.82) is 5.26 Å². The fraction of sp³-hybridized carbons (Fsp3) is 0.450. The van der Waals surface area contributed by atoms with Gasteiger partial charge in [-0.15, -0.1) is 11.8 Å². The average Bonchev–Trinajstić information content (AvgIpc) is 2.52. The maximum Gasteiger partial charge on any atom is 0.161 e. The number of hydrogen-bond acceptors (Lipinski definition) is 4. The van der Waals surface area contributed by atoms with Crippen LogP contribution in [0.4, 0.5) is 0 Å². The standard InChI is InChI=1S/C20H22N2OS/c1-13-15(11-21)19(24-12-14-7-5-4-6-8-14)22-16-9-20(2,3)10-17(23)18(13)16/h4-8,13,15H,9-10,12H2,1-3H3/t13-,15?/m0/s1. The molecule has 2 atom stereocenters. The number of Topliss-reactive ketones (excluding diaryl/α,β-unsaturated/α-hetero) is 1. The van der Waals surface area contributed by atoms with Gasteiger partial charge in [-0.1, -0.05) is 51.1 Å². The first kappa shape index (κ1) is 17.0. The summed E-state index contributed by atoms with van der Waals surface area (Å²) in [7, 11) is 0. The Balaban J connectivity index is 1.90. The van der Waals surface area contributed by atoms with E-state index >= 15 is 0 Å². The smallest absolute Gasteiger partial charge is 0.161 e. The van der Waals surface area contributed by atoms with Gasteiger partial charge in [-0.2, -0.15) is 5.26 Å². The normalized spacial score (nSPS) is 25.8. The summed E-state index contributed by atoms with van der Waals surface area (Å²) in [6.07, 6.45) is 1.36. The summed E-state index contributed by atoms with van der Waals surface area (Å²) in [5, 5.41) is 10.5. The van der Waals surface area contributed by atoms with Crippen molar-refractivity contribution >= 4 is 22.6 Å². The average molecular weight is 338 g/mol. The van der Waals surface area contributed by atoms with Crippen LogP contribution in [0, 0.1) is 28.6 Å². The number of carbonyl (C=O) groups is 1. The first-order valence-electron chi connectivity index (χ1n) is 8.32. The van der Waals surface area contributed by atoms with E-state index in [0.29, 0.717) is 6.42 Å². The second-order valence-electron chi connectivity index (χ2n) is 7.42. The van der Waals surface area contributed by atoms with Gasteiger partial charge in [0.15, 0.2) is 5.78 Å². The van der Waals surface area contributed by atoms with Crippen molar-refractivity contribution < 1.29 is 4.79 Å². The van der Waals surface area contributed by atoms with Crippen molar-refractivity contribution in [3.8, 4) is 6.07 Å². The fourth-order valence-corrected chi connectivity index (χ4v) is 4.64. The van der Waals surface area contributed by atoms with Gasteiger partial charge in [-0.25, -0.2) is 4.99 Å². The zero-order chi connectivity index (χ0) is 17.3. The van der Waals surface area contributed by atoms with E-state index in [1.54, 1.807) is 11.8 Å². The number of thioether (sulfide) groups is 1. The number of allylic oxidation sites excluding steroid dienone is 2. The largest absolute Gasteiger partial charge is 0.294 e. The minimum Gasteiger partial charge on any atom is -0.294 e. The number of aliphatic imine (C=N–C) groups is 1. The summed E-state index contributed by atoms with van der Waals surface area (Å²) < 4.78 is 0. The molecule has 0 amide bonds. The highest BCUT2D eigenvalue weighted by Crippen LogP contribution is 2.45. The van der Waals surface area contributed by atoms with E-state index in [9.17, 15) is 10.1 Å². The van der Waals surface area contributed by atoms with Crippen LogP contribution < -0.4 is 0 Å². The van der Waals surface area contributed by atoms with Crippen LogP contribution in [-0.4, -0.2) is 10.8 Å². The minimum atomic E-state index is -0.317. The quantitative estimate of drug-likeness (QED) is 0.782. The van der Waals surface area contributed by atoms with Crippen LogP contribution in [-0.2, 0) is 10.5 Å². The number of rotatable bonds is 2. The van der Waals surface area contributed by atoms with Crippen LogP contribution in [0.25, 0.3) is 0 Å². The number of benzene rings is 1. The number of hydrogen-bond donors (Lipinski definition) is 0. The van der Waals surface area contributed by atoms with E-state index < -0.39 is 0 Å². The van der Waals surface area contributed by atoms with Crippen molar-refractivity contribution in [2.24, 2.45) is 22.2 Å². The molecule has 3 nitrogen and oxygen atoms in total. The molecule has 1 aliphatic carbocycles. The van der Waals surface area contributed by atoms with Gasteiger partial charge in [0.05, 0.1) is 11.1 Å². The van der Waals surface area contributed by atoms with E-state index in [0.717, 1.165) is 28.5 Å². The molecule has 0 saturated heterocycles. The van der Waals surface area contributed by atoms with Gasteiger partial charge in [0.1, 0.15) is 5.92 Å². The molecule has 0 fully saturated rings. The third-order valence-electron chi connectivity index (χ3n) is 4.73. The lowest BCUT2D eigenvalue weighted by Crippen LogP contribution is -2.34. The van der Waals surface area contributed by atoms with E-state index in [-0.39, 0.29) is 23.0 Å². The summed E-state index contributed by atoms with van der Waals surface area (Å²) >= 11 is 1.63. The van der Waals surface area contributed by atoms with Crippen molar-refractivity contribution in [1.82, 2.24) is 0 Å². The highest BCUT2D eigenvalue weighted by atomic mass is 32.2. The molecule has 3 rings (SSSR count). The van der Waals surface area contributed by atoms with E-state index in [2.05, 4.69) is 32.0 Å². The minimum absolute atomic E-state index is 0.0478. The molecule has 0 radical (unpaired) electrons. The maximum atomic E-state index is 12.6. The Morgan fingerprint density at radius 3 is 2.67 bits per heavy atom. The second-order valence-corrected chi connectivity index (χ2v) is 8.42. The van der Waals surface area contributed by atoms with Crippen molar-refractivity contribution in [2.45, 2.75) is 39.4 Å². The number of nitriles is 1. The highest BCUT2D eigenvalue weighted by Gasteiger charge is 2.41. The lowest BCUT2D eigenvalue weighted by Gasteiger charge is -2.36. The molecule has 4 heteroatoms. The van der Waals surface area contributed by atoms with Crippen LogP contribution in [0.15, 0.2) is 46.6 Å². The molecule has 1 aliphatic heterocycles. The Hall–Kier alpha value is -1.86. The monoisotopic (exact) mass is 338 g/mol. The third-order valence-corrected chi connectivity index (χ3v) is 5.85. The molecule has 1 aromatic rings. The third kappa shape index (κ3) is 3.32. The first-order chi connectivity index (χ1) is 11.4. The Labute approximate surface area is 147 Å². The summed E-state index contributed by atoms with van der Waals surface area (Å²) in [5.74, 6) is 0.585. The zero-order valence-corrected chi connectivity index (χ0v) is 15.2. The van der Waals surface area contributed by atoms with Crippen molar-refractivity contribution in [3.63, 3.8) is 0 Å². The SMILES string of the molecule is C[C@@H]1C2=C(CC(C)(C)CC2=O)N=C(SCc2ccccc2)C1C#N. The number of carbonyl (C=O) groups excluding carboxylic acids is 1. The van der Waals surface area contributed by atoms with Gasteiger partial charge in [-0.05, 0) is 17.4 Å². The van der Waals surface area contributed by atoms with Gasteiger partial charge >= 0.3 is 0 Å². The summed E-state index contributed by atoms with van der Waals surface area (Å²) in [6, 6.07) is 12.6. The maximum absolute atomic E-state index is 12.6. The van der Waals surface area contributed by atoms with Crippen molar-refractivity contribution in [3.05, 3.63) is 47.2 Å². The van der Waals surface area contributed by atoms with E-state index in [4.69, 9.17) is 4.99 Å². The van der Waals surface area contributed by atoms with Crippen LogP contribution >= 0.6 is 11.8 Å². The van der Waals surface area contributed by atoms with Gasteiger partial charge in [-0.3, -0.25) is 4.79 Å². The van der Waals surface area contributed by atoms with Gasteiger partial charge in [0.2, 0.25) is 0 Å². The highest BCUT2D eigenvalue weighted by molar-refractivity contribution is 8.13. The number of ketones is 1. The predicted octanol–water partition coefficient (Wildman–Crippen LogP) is 4.75. The van der Waals surface area contributed by atoms with Crippen LogP contribution in [0.1, 0.15) is 39.2 Å². The predicted molar refractivity (Wildman–Crippen MR) is 98.5 cm³/mol. The van der Waals surface area contributed by atoms with Gasteiger partial charge in [0.25, 0.3) is 0 Å². The molecule has 24 heavy (non-hydrogen) atoms. The molecule has 2 aliphatic rings. The lowest BCUT2D eigenvalue weighted by molar-refractivity contribution is -0.118. The fourth-order valence-electron chi connectivity index (χ4n) is 3.52. The first-order valence-corrected chi connectivity index (χ1v) is 9.31. The molecule has 0 N–H and O–H groups in total. The van der Waals surface area contributed by atoms with E-state index in [1.807, 2.05) is 25.1 Å². The van der Waals surface area contributed by atoms with Crippen LogP contribution in [0.3, 0.4) is 0 Å². The zero-order valence-electron chi connectivity index (χ0n) is 14.4. The molecular formula is C20H22N2OS. The molecular weight excluding hydrogens is 316 g/mol. The van der Waals surface area contributed by atoms with Gasteiger partial charge < -0.3 is 0 Å². The Morgan fingerprint density at radius 2 is 2.00 bits per heavy atom. The Kier molecular flexibility index (Phi) is 4.64. The molecule has 124 valence electrons.